The van der Waals surface area contributed by atoms with Crippen molar-refractivity contribution in [2.75, 3.05) is 12.4 Å². The van der Waals surface area contributed by atoms with Crippen LogP contribution in [0, 0.1) is 6.92 Å². The van der Waals surface area contributed by atoms with Crippen LogP contribution >= 0.6 is 23.8 Å². The van der Waals surface area contributed by atoms with Gasteiger partial charge in [-0.15, -0.1) is 0 Å². The second-order valence-corrected chi connectivity index (χ2v) is 5.23. The van der Waals surface area contributed by atoms with E-state index >= 15 is 0 Å². The molecule has 3 N–H and O–H groups in total. The van der Waals surface area contributed by atoms with Crippen molar-refractivity contribution in [3.63, 3.8) is 0 Å². The molecule has 3 nitrogen and oxygen atoms in total. The molecule has 5 heteroatoms. The van der Waals surface area contributed by atoms with Crippen molar-refractivity contribution in [2.45, 2.75) is 6.92 Å². The Hall–Kier alpha value is -1.78. The normalized spacial score (nSPS) is 10.2. The minimum atomic E-state index is 0.343. The number of benzene rings is 2. The summed E-state index contributed by atoms with van der Waals surface area (Å²) in [4.78, 5) is 0.343. The first-order chi connectivity index (χ1) is 9.51. The molecule has 2 rings (SSSR count). The van der Waals surface area contributed by atoms with E-state index in [4.69, 9.17) is 34.3 Å². The third-order valence-corrected chi connectivity index (χ3v) is 3.43. The molecule has 20 heavy (non-hydrogen) atoms. The Bertz CT molecular complexity index is 658. The molecule has 0 aliphatic carbocycles. The smallest absolute Gasteiger partial charge is 0.121 e. The number of aryl methyl sites for hydroxylation is 1. The predicted molar refractivity (Wildman–Crippen MR) is 88.4 cm³/mol. The fraction of sp³-hybridized carbons (Fsp3) is 0.133. The third kappa shape index (κ3) is 3.21. The molecule has 0 saturated carbocycles. The zero-order valence-corrected chi connectivity index (χ0v) is 12.8. The molecule has 0 bridgehead atoms. The minimum absolute atomic E-state index is 0.343. The summed E-state index contributed by atoms with van der Waals surface area (Å²) in [6, 6.07) is 11.3. The molecule has 0 unspecified atom stereocenters. The van der Waals surface area contributed by atoms with Gasteiger partial charge >= 0.3 is 0 Å². The highest BCUT2D eigenvalue weighted by Crippen LogP contribution is 2.31. The van der Waals surface area contributed by atoms with Crippen molar-refractivity contribution in [1.29, 1.82) is 0 Å². The van der Waals surface area contributed by atoms with E-state index in [-0.39, 0.29) is 0 Å². The molecule has 0 atom stereocenters. The molecule has 0 fully saturated rings. The fourth-order valence-corrected chi connectivity index (χ4v) is 2.18. The number of anilines is 2. The summed E-state index contributed by atoms with van der Waals surface area (Å²) >= 11 is 11.3. The van der Waals surface area contributed by atoms with Gasteiger partial charge in [0.15, 0.2) is 0 Å². The van der Waals surface area contributed by atoms with Crippen molar-refractivity contribution in [1.82, 2.24) is 0 Å². The quantitative estimate of drug-likeness (QED) is 0.837. The second-order valence-electron chi connectivity index (χ2n) is 4.38. The number of hydrogen-bond acceptors (Lipinski definition) is 3. The van der Waals surface area contributed by atoms with E-state index in [1.165, 1.54) is 0 Å². The van der Waals surface area contributed by atoms with Crippen LogP contribution in [0.15, 0.2) is 36.4 Å². The average Bonchev–Trinajstić information content (AvgIpc) is 2.42. The summed E-state index contributed by atoms with van der Waals surface area (Å²) in [5.74, 6) is 0.723. The topological polar surface area (TPSA) is 47.3 Å². The fourth-order valence-electron chi connectivity index (χ4n) is 1.84. The molecule has 2 aromatic carbocycles. The number of methoxy groups -OCH3 is 1. The van der Waals surface area contributed by atoms with E-state index in [2.05, 4.69) is 5.32 Å². The van der Waals surface area contributed by atoms with Crippen molar-refractivity contribution < 1.29 is 4.74 Å². The van der Waals surface area contributed by atoms with Gasteiger partial charge < -0.3 is 15.8 Å². The van der Waals surface area contributed by atoms with Crippen molar-refractivity contribution in [3.05, 3.63) is 52.5 Å². The van der Waals surface area contributed by atoms with Crippen LogP contribution in [-0.4, -0.2) is 12.1 Å². The predicted octanol–water partition coefficient (Wildman–Crippen LogP) is 4.03. The van der Waals surface area contributed by atoms with Crippen LogP contribution in [0.5, 0.6) is 5.75 Å². The number of rotatable bonds is 4. The third-order valence-electron chi connectivity index (χ3n) is 2.88. The van der Waals surface area contributed by atoms with Crippen LogP contribution in [0.25, 0.3) is 0 Å². The summed E-state index contributed by atoms with van der Waals surface area (Å²) in [7, 11) is 1.61. The van der Waals surface area contributed by atoms with Gasteiger partial charge in [-0.25, -0.2) is 0 Å². The van der Waals surface area contributed by atoms with Crippen molar-refractivity contribution in [2.24, 2.45) is 5.73 Å². The number of ether oxygens (including phenoxy) is 1. The number of thiocarbonyl (C=S) groups is 1. The lowest BCUT2D eigenvalue weighted by atomic mass is 10.1. The van der Waals surface area contributed by atoms with Gasteiger partial charge in [0.05, 0.1) is 17.8 Å². The van der Waals surface area contributed by atoms with Gasteiger partial charge in [-0.3, -0.25) is 0 Å². The Morgan fingerprint density at radius 3 is 2.60 bits per heavy atom. The zero-order valence-electron chi connectivity index (χ0n) is 11.2. The van der Waals surface area contributed by atoms with Gasteiger partial charge in [-0.1, -0.05) is 35.4 Å². The highest BCUT2D eigenvalue weighted by molar-refractivity contribution is 7.80. The highest BCUT2D eigenvalue weighted by atomic mass is 35.5. The lowest BCUT2D eigenvalue weighted by Gasteiger charge is -2.14. The summed E-state index contributed by atoms with van der Waals surface area (Å²) in [5, 5.41) is 3.84. The molecule has 0 aliphatic rings. The van der Waals surface area contributed by atoms with E-state index in [9.17, 15) is 0 Å². The van der Waals surface area contributed by atoms with Crippen molar-refractivity contribution >= 4 is 40.2 Å². The van der Waals surface area contributed by atoms with Crippen LogP contribution in [0.1, 0.15) is 11.1 Å². The lowest BCUT2D eigenvalue weighted by Crippen LogP contribution is -2.12. The van der Waals surface area contributed by atoms with E-state index in [0.717, 1.165) is 28.3 Å². The Labute approximate surface area is 128 Å². The zero-order chi connectivity index (χ0) is 14.7. The Morgan fingerprint density at radius 2 is 1.95 bits per heavy atom. The van der Waals surface area contributed by atoms with Crippen LogP contribution in [0.4, 0.5) is 11.4 Å². The first-order valence-corrected chi connectivity index (χ1v) is 6.81. The molecule has 0 aliphatic heterocycles. The molecule has 0 saturated heterocycles. The minimum Gasteiger partial charge on any atom is -0.497 e. The molecular formula is C15H15ClN2OS. The van der Waals surface area contributed by atoms with Crippen LogP contribution < -0.4 is 15.8 Å². The molecule has 104 valence electrons. The van der Waals surface area contributed by atoms with Gasteiger partial charge in [0.1, 0.15) is 10.7 Å². The van der Waals surface area contributed by atoms with Gasteiger partial charge in [0.25, 0.3) is 0 Å². The highest BCUT2D eigenvalue weighted by Gasteiger charge is 2.09. The van der Waals surface area contributed by atoms with Gasteiger partial charge in [0, 0.05) is 17.3 Å². The maximum atomic E-state index is 6.18. The van der Waals surface area contributed by atoms with Gasteiger partial charge in [0.2, 0.25) is 0 Å². The van der Waals surface area contributed by atoms with Crippen molar-refractivity contribution in [3.8, 4) is 5.75 Å². The van der Waals surface area contributed by atoms with E-state index in [1.54, 1.807) is 19.2 Å². The van der Waals surface area contributed by atoms with Crippen LogP contribution in [0.2, 0.25) is 5.02 Å². The maximum Gasteiger partial charge on any atom is 0.121 e. The lowest BCUT2D eigenvalue weighted by molar-refractivity contribution is 0.415. The molecule has 0 heterocycles. The Morgan fingerprint density at radius 1 is 1.20 bits per heavy atom. The van der Waals surface area contributed by atoms with Gasteiger partial charge in [-0.05, 0) is 31.2 Å². The molecule has 0 amide bonds. The molecule has 0 radical (unpaired) electrons. The number of halogens is 1. The first-order valence-electron chi connectivity index (χ1n) is 6.02. The Balaban J connectivity index is 2.42. The van der Waals surface area contributed by atoms with Crippen LogP contribution in [-0.2, 0) is 0 Å². The summed E-state index contributed by atoms with van der Waals surface area (Å²) in [6.07, 6.45) is 0. The molecule has 0 aromatic heterocycles. The summed E-state index contributed by atoms with van der Waals surface area (Å²) < 4.78 is 5.20. The molecule has 2 aromatic rings. The SMILES string of the molecule is COc1ccc(Cl)c(Nc2ccc(C)cc2C(N)=S)c1. The van der Waals surface area contributed by atoms with Crippen LogP contribution in [0.3, 0.4) is 0 Å². The average molecular weight is 307 g/mol. The standard InChI is InChI=1S/C15H15ClN2OS/c1-9-3-6-13(11(7-9)15(17)20)18-14-8-10(19-2)4-5-12(14)16/h3-8,18H,1-2H3,(H2,17,20). The largest absolute Gasteiger partial charge is 0.497 e. The second kappa shape index (κ2) is 6.11. The number of hydrogen-bond donors (Lipinski definition) is 2. The molecule has 0 spiro atoms. The summed E-state index contributed by atoms with van der Waals surface area (Å²) in [6.45, 7) is 1.99. The van der Waals surface area contributed by atoms with Gasteiger partial charge in [-0.2, -0.15) is 0 Å². The Kier molecular flexibility index (Phi) is 4.47. The summed E-state index contributed by atoms with van der Waals surface area (Å²) in [5.41, 5.74) is 9.21. The monoisotopic (exact) mass is 306 g/mol. The van der Waals surface area contributed by atoms with E-state index < -0.39 is 0 Å². The number of nitrogens with one attached hydrogen (secondary N) is 1. The number of nitrogens with two attached hydrogens (primary N) is 1. The van der Waals surface area contributed by atoms with E-state index in [1.807, 2.05) is 31.2 Å². The maximum absolute atomic E-state index is 6.18. The van der Waals surface area contributed by atoms with E-state index in [0.29, 0.717) is 10.0 Å². The first kappa shape index (κ1) is 14.6. The molecular weight excluding hydrogens is 292 g/mol.